The Morgan fingerprint density at radius 2 is 1.87 bits per heavy atom. The molecule has 1 aliphatic carbocycles. The number of urea groups is 1. The highest BCUT2D eigenvalue weighted by Crippen LogP contribution is 2.32. The van der Waals surface area contributed by atoms with Crippen molar-refractivity contribution in [1.82, 2.24) is 10.2 Å². The van der Waals surface area contributed by atoms with Crippen LogP contribution in [0.25, 0.3) is 0 Å². The first-order chi connectivity index (χ1) is 11.1. The molecular formula is C18H24N3O2+. The molecule has 122 valence electrons. The second kappa shape index (κ2) is 5.34. The van der Waals surface area contributed by atoms with Crippen molar-refractivity contribution in [3.8, 4) is 0 Å². The maximum absolute atomic E-state index is 13.0. The van der Waals surface area contributed by atoms with Crippen LogP contribution in [0, 0.1) is 0 Å². The zero-order chi connectivity index (χ0) is 16.0. The van der Waals surface area contributed by atoms with Gasteiger partial charge in [-0.3, -0.25) is 4.79 Å². The van der Waals surface area contributed by atoms with Gasteiger partial charge in [-0.05, 0) is 42.9 Å². The number of nitrogens with one attached hydrogen (secondary N) is 2. The lowest BCUT2D eigenvalue weighted by Gasteiger charge is -2.23. The number of hydrogen-bond donors (Lipinski definition) is 2. The Morgan fingerprint density at radius 1 is 1.13 bits per heavy atom. The summed E-state index contributed by atoms with van der Waals surface area (Å²) in [6, 6.07) is 6.00. The fourth-order valence-electron chi connectivity index (χ4n) is 4.18. The van der Waals surface area contributed by atoms with Gasteiger partial charge in [0.15, 0.2) is 6.67 Å². The first kappa shape index (κ1) is 14.7. The van der Waals surface area contributed by atoms with Gasteiger partial charge < -0.3 is 10.2 Å². The summed E-state index contributed by atoms with van der Waals surface area (Å²) in [6.45, 7) is 4.42. The van der Waals surface area contributed by atoms with Crippen LogP contribution in [0.2, 0.25) is 0 Å². The van der Waals surface area contributed by atoms with Crippen LogP contribution in [0.5, 0.6) is 0 Å². The number of imide groups is 1. The Balaban J connectivity index is 1.60. The molecular weight excluding hydrogens is 290 g/mol. The third kappa shape index (κ3) is 2.34. The van der Waals surface area contributed by atoms with E-state index < -0.39 is 5.54 Å². The topological polar surface area (TPSA) is 53.9 Å². The van der Waals surface area contributed by atoms with Gasteiger partial charge in [-0.25, -0.2) is 9.69 Å². The minimum absolute atomic E-state index is 0.111. The third-order valence-electron chi connectivity index (χ3n) is 5.64. The zero-order valence-corrected chi connectivity index (χ0v) is 13.7. The van der Waals surface area contributed by atoms with E-state index >= 15 is 0 Å². The summed E-state index contributed by atoms with van der Waals surface area (Å²) < 4.78 is 0. The minimum atomic E-state index is -0.923. The van der Waals surface area contributed by atoms with Crippen LogP contribution in [0.15, 0.2) is 18.2 Å². The van der Waals surface area contributed by atoms with Crippen molar-refractivity contribution in [3.63, 3.8) is 0 Å². The molecule has 1 atom stereocenters. The molecule has 1 aromatic carbocycles. The van der Waals surface area contributed by atoms with Gasteiger partial charge in [0, 0.05) is 12.8 Å². The fourth-order valence-corrected chi connectivity index (χ4v) is 4.18. The number of carbonyl (C=O) groups excluding carboxylic acids is 2. The summed E-state index contributed by atoms with van der Waals surface area (Å²) >= 11 is 0. The van der Waals surface area contributed by atoms with Gasteiger partial charge in [0.05, 0.1) is 13.1 Å². The van der Waals surface area contributed by atoms with Gasteiger partial charge in [-0.2, -0.15) is 0 Å². The molecule has 2 fully saturated rings. The molecule has 1 aromatic rings. The summed E-state index contributed by atoms with van der Waals surface area (Å²) in [4.78, 5) is 28.1. The monoisotopic (exact) mass is 314 g/mol. The number of amides is 3. The van der Waals surface area contributed by atoms with E-state index in [1.54, 1.807) is 0 Å². The molecule has 4 rings (SSSR count). The molecule has 3 aliphatic rings. The molecule has 2 saturated heterocycles. The molecule has 5 heteroatoms. The number of hydrogen-bond acceptors (Lipinski definition) is 2. The van der Waals surface area contributed by atoms with E-state index in [-0.39, 0.29) is 11.9 Å². The number of nitrogens with zero attached hydrogens (tertiary/aromatic N) is 1. The summed E-state index contributed by atoms with van der Waals surface area (Å²) in [5, 5.41) is 2.94. The highest BCUT2D eigenvalue weighted by Gasteiger charge is 2.50. The first-order valence-corrected chi connectivity index (χ1v) is 8.68. The molecule has 2 heterocycles. The second-order valence-electron chi connectivity index (χ2n) is 7.24. The van der Waals surface area contributed by atoms with Crippen LogP contribution in [0.1, 0.15) is 42.9 Å². The lowest BCUT2D eigenvalue weighted by Crippen LogP contribution is -3.11. The molecule has 5 nitrogen and oxygen atoms in total. The number of rotatable bonds is 3. The maximum Gasteiger partial charge on any atom is 0.329 e. The molecule has 0 aromatic heterocycles. The Hall–Kier alpha value is -1.88. The average molecular weight is 314 g/mol. The summed E-state index contributed by atoms with van der Waals surface area (Å²) in [6.07, 6.45) is 5.74. The van der Waals surface area contributed by atoms with Crippen LogP contribution in [-0.2, 0) is 23.2 Å². The van der Waals surface area contributed by atoms with E-state index in [1.807, 2.05) is 13.0 Å². The number of aryl methyl sites for hydroxylation is 2. The van der Waals surface area contributed by atoms with Crippen molar-refractivity contribution in [3.05, 3.63) is 34.9 Å². The van der Waals surface area contributed by atoms with Crippen LogP contribution in [-0.4, -0.2) is 36.6 Å². The Morgan fingerprint density at radius 3 is 2.65 bits per heavy atom. The van der Waals surface area contributed by atoms with Crippen LogP contribution in [0.3, 0.4) is 0 Å². The SMILES string of the molecule is C[C@@]1(c2ccc3c(c2)CCC3)NC(=O)N(C[NH+]2CCCC2)C1=O. The van der Waals surface area contributed by atoms with Gasteiger partial charge >= 0.3 is 6.03 Å². The number of benzene rings is 1. The highest BCUT2D eigenvalue weighted by molar-refractivity contribution is 6.07. The number of carbonyl (C=O) groups is 2. The van der Waals surface area contributed by atoms with Gasteiger partial charge in [-0.15, -0.1) is 0 Å². The van der Waals surface area contributed by atoms with E-state index in [0.29, 0.717) is 6.67 Å². The number of quaternary nitrogens is 1. The molecule has 2 N–H and O–H groups in total. The summed E-state index contributed by atoms with van der Waals surface area (Å²) in [7, 11) is 0. The molecule has 0 spiro atoms. The molecule has 0 radical (unpaired) electrons. The predicted molar refractivity (Wildman–Crippen MR) is 86.0 cm³/mol. The Kier molecular flexibility index (Phi) is 3.41. The van der Waals surface area contributed by atoms with E-state index in [1.165, 1.54) is 40.2 Å². The molecule has 0 bridgehead atoms. The van der Waals surface area contributed by atoms with Crippen LogP contribution in [0.4, 0.5) is 4.79 Å². The lowest BCUT2D eigenvalue weighted by atomic mass is 9.90. The van der Waals surface area contributed by atoms with E-state index in [0.717, 1.165) is 31.5 Å². The minimum Gasteiger partial charge on any atom is -0.319 e. The quantitative estimate of drug-likeness (QED) is 0.802. The van der Waals surface area contributed by atoms with Gasteiger partial charge in [0.1, 0.15) is 5.54 Å². The molecule has 0 saturated carbocycles. The van der Waals surface area contributed by atoms with Crippen molar-refractivity contribution in [2.75, 3.05) is 19.8 Å². The Bertz CT molecular complexity index is 666. The van der Waals surface area contributed by atoms with Crippen molar-refractivity contribution in [2.45, 2.75) is 44.6 Å². The highest BCUT2D eigenvalue weighted by atomic mass is 16.2. The van der Waals surface area contributed by atoms with Gasteiger partial charge in [0.25, 0.3) is 5.91 Å². The van der Waals surface area contributed by atoms with E-state index in [9.17, 15) is 9.59 Å². The Labute approximate surface area is 136 Å². The van der Waals surface area contributed by atoms with Crippen molar-refractivity contribution < 1.29 is 14.5 Å². The second-order valence-corrected chi connectivity index (χ2v) is 7.24. The van der Waals surface area contributed by atoms with Crippen molar-refractivity contribution in [2.24, 2.45) is 0 Å². The summed E-state index contributed by atoms with van der Waals surface area (Å²) in [5.74, 6) is -0.111. The van der Waals surface area contributed by atoms with E-state index in [2.05, 4.69) is 17.4 Å². The predicted octanol–water partition coefficient (Wildman–Crippen LogP) is 0.579. The third-order valence-corrected chi connectivity index (χ3v) is 5.64. The maximum atomic E-state index is 13.0. The fraction of sp³-hybridized carbons (Fsp3) is 0.556. The van der Waals surface area contributed by atoms with Crippen LogP contribution < -0.4 is 10.2 Å². The molecule has 3 amide bonds. The zero-order valence-electron chi connectivity index (χ0n) is 13.7. The molecule has 23 heavy (non-hydrogen) atoms. The van der Waals surface area contributed by atoms with Crippen molar-refractivity contribution in [1.29, 1.82) is 0 Å². The van der Waals surface area contributed by atoms with Gasteiger partial charge in [0.2, 0.25) is 0 Å². The number of fused-ring (bicyclic) bond motifs is 1. The first-order valence-electron chi connectivity index (χ1n) is 8.68. The number of likely N-dealkylation sites (tertiary alicyclic amines) is 1. The summed E-state index contributed by atoms with van der Waals surface area (Å²) in [5.41, 5.74) is 2.70. The smallest absolute Gasteiger partial charge is 0.319 e. The van der Waals surface area contributed by atoms with Crippen molar-refractivity contribution >= 4 is 11.9 Å². The lowest BCUT2D eigenvalue weighted by molar-refractivity contribution is -0.894. The van der Waals surface area contributed by atoms with Crippen LogP contribution >= 0.6 is 0 Å². The largest absolute Gasteiger partial charge is 0.329 e. The standard InChI is InChI=1S/C18H23N3O2/c1-18(15-8-7-13-5-4-6-14(13)11-15)16(22)21(17(23)19-18)12-20-9-2-3-10-20/h7-8,11H,2-6,9-10,12H2,1H3,(H,19,23)/p+1/t18-/m0/s1. The average Bonchev–Trinajstić information content (AvgIpc) is 3.25. The normalized spacial score (nSPS) is 27.6. The molecule has 0 unspecified atom stereocenters. The molecule has 2 aliphatic heterocycles. The van der Waals surface area contributed by atoms with Gasteiger partial charge in [-0.1, -0.05) is 18.2 Å². The van der Waals surface area contributed by atoms with E-state index in [4.69, 9.17) is 0 Å².